The van der Waals surface area contributed by atoms with Crippen LogP contribution in [0.3, 0.4) is 0 Å². The molecule has 0 saturated carbocycles. The van der Waals surface area contributed by atoms with Crippen molar-refractivity contribution >= 4 is 21.5 Å². The summed E-state index contributed by atoms with van der Waals surface area (Å²) in [6, 6.07) is 12.1. The van der Waals surface area contributed by atoms with Gasteiger partial charge in [0.15, 0.2) is 4.91 Å². The lowest BCUT2D eigenvalue weighted by molar-refractivity contribution is -0.135. The third kappa shape index (κ3) is 4.24. The van der Waals surface area contributed by atoms with Crippen LogP contribution in [0.1, 0.15) is 12.5 Å². The Balaban J connectivity index is 2.41. The maximum Gasteiger partial charge on any atom is 0.351 e. The summed E-state index contributed by atoms with van der Waals surface area (Å²) in [6.45, 7) is 2.01. The Morgan fingerprint density at radius 3 is 2.36 bits per heavy atom. The molecule has 0 aliphatic rings. The molecular formula is C18H18FNO4S. The second kappa shape index (κ2) is 7.94. The second-order valence-corrected chi connectivity index (χ2v) is 7.02. The molecule has 0 saturated heterocycles. The lowest BCUT2D eigenvalue weighted by Crippen LogP contribution is -2.17. The van der Waals surface area contributed by atoms with E-state index in [2.05, 4.69) is 10.1 Å². The summed E-state index contributed by atoms with van der Waals surface area (Å²) < 4.78 is 43.7. The van der Waals surface area contributed by atoms with Gasteiger partial charge in [0.25, 0.3) is 0 Å². The number of halogens is 1. The normalized spacial score (nSPS) is 11.9. The number of carbonyl (C=O) groups excluding carboxylic acids is 1. The molecule has 132 valence electrons. The van der Waals surface area contributed by atoms with Crippen molar-refractivity contribution in [3.63, 3.8) is 0 Å². The molecule has 0 bridgehead atoms. The van der Waals surface area contributed by atoms with Crippen LogP contribution in [0.25, 0.3) is 0 Å². The number of ether oxygens (including phenoxy) is 1. The fraction of sp³-hybridized carbons (Fsp3) is 0.167. The van der Waals surface area contributed by atoms with Crippen molar-refractivity contribution < 1.29 is 22.3 Å². The quantitative estimate of drug-likeness (QED) is 0.630. The molecule has 0 fully saturated rings. The van der Waals surface area contributed by atoms with E-state index >= 15 is 0 Å². The van der Waals surface area contributed by atoms with E-state index < -0.39 is 31.4 Å². The van der Waals surface area contributed by atoms with Gasteiger partial charge in [0.1, 0.15) is 10.7 Å². The smallest absolute Gasteiger partial charge is 0.351 e. The number of nitrogens with one attached hydrogen (secondary N) is 1. The summed E-state index contributed by atoms with van der Waals surface area (Å²) in [4.78, 5) is 10.7. The fourth-order valence-electron chi connectivity index (χ4n) is 2.11. The average molecular weight is 363 g/mol. The molecule has 0 radical (unpaired) electrons. The van der Waals surface area contributed by atoms with Crippen molar-refractivity contribution in [3.8, 4) is 0 Å². The van der Waals surface area contributed by atoms with Crippen LogP contribution in [0.4, 0.5) is 10.1 Å². The van der Waals surface area contributed by atoms with E-state index in [0.717, 1.165) is 37.4 Å². The van der Waals surface area contributed by atoms with Crippen LogP contribution in [0.2, 0.25) is 0 Å². The molecule has 25 heavy (non-hydrogen) atoms. The average Bonchev–Trinajstić information content (AvgIpc) is 2.62. The first-order valence-electron chi connectivity index (χ1n) is 7.53. The monoisotopic (exact) mass is 363 g/mol. The maximum atomic E-state index is 13.9. The van der Waals surface area contributed by atoms with Crippen LogP contribution in [0.15, 0.2) is 64.5 Å². The lowest BCUT2D eigenvalue weighted by Gasteiger charge is -2.09. The Labute approximate surface area is 146 Å². The highest BCUT2D eigenvalue weighted by atomic mass is 32.2. The predicted octanol–water partition coefficient (Wildman–Crippen LogP) is 3.29. The van der Waals surface area contributed by atoms with Gasteiger partial charge in [-0.2, -0.15) is 0 Å². The van der Waals surface area contributed by atoms with Crippen LogP contribution in [-0.4, -0.2) is 21.5 Å². The second-order valence-electron chi connectivity index (χ2n) is 5.13. The summed E-state index contributed by atoms with van der Waals surface area (Å²) in [5.41, 5.74) is 1.70. The van der Waals surface area contributed by atoms with Gasteiger partial charge in [0.05, 0.1) is 7.11 Å². The largest absolute Gasteiger partial charge is 0.465 e. The number of aryl methyl sites for hydroxylation is 1. The number of carbonyl (C=O) groups is 1. The van der Waals surface area contributed by atoms with Gasteiger partial charge in [-0.3, -0.25) is 0 Å². The van der Waals surface area contributed by atoms with E-state index in [9.17, 15) is 17.6 Å². The summed E-state index contributed by atoms with van der Waals surface area (Å²) in [7, 11) is -3.32. The zero-order valence-corrected chi connectivity index (χ0v) is 14.6. The molecule has 0 heterocycles. The van der Waals surface area contributed by atoms with Crippen LogP contribution in [0, 0.1) is 5.82 Å². The molecule has 0 amide bonds. The fourth-order valence-corrected chi connectivity index (χ4v) is 3.45. The molecule has 2 aromatic rings. The minimum atomic E-state index is -4.38. The van der Waals surface area contributed by atoms with Crippen molar-refractivity contribution in [2.45, 2.75) is 18.2 Å². The van der Waals surface area contributed by atoms with Gasteiger partial charge in [-0.25, -0.2) is 17.6 Å². The molecule has 0 unspecified atom stereocenters. The number of anilines is 1. The molecular weight excluding hydrogens is 345 g/mol. The van der Waals surface area contributed by atoms with E-state index in [-0.39, 0.29) is 0 Å². The van der Waals surface area contributed by atoms with Crippen molar-refractivity contribution in [1.82, 2.24) is 0 Å². The summed E-state index contributed by atoms with van der Waals surface area (Å²) in [6.07, 6.45) is 1.87. The van der Waals surface area contributed by atoms with E-state index in [4.69, 9.17) is 0 Å². The van der Waals surface area contributed by atoms with Gasteiger partial charge in [0, 0.05) is 11.9 Å². The van der Waals surface area contributed by atoms with Gasteiger partial charge in [-0.15, -0.1) is 0 Å². The molecule has 5 nitrogen and oxygen atoms in total. The predicted molar refractivity (Wildman–Crippen MR) is 93.1 cm³/mol. The molecule has 7 heteroatoms. The van der Waals surface area contributed by atoms with E-state index in [1.54, 1.807) is 12.1 Å². The van der Waals surface area contributed by atoms with Gasteiger partial charge in [0.2, 0.25) is 9.84 Å². The molecule has 1 N–H and O–H groups in total. The minimum absolute atomic E-state index is 0.585. The van der Waals surface area contributed by atoms with Crippen LogP contribution in [-0.2, 0) is 25.8 Å². The number of esters is 1. The Bertz CT molecular complexity index is 890. The number of hydrogen-bond acceptors (Lipinski definition) is 5. The lowest BCUT2D eigenvalue weighted by atomic mass is 10.1. The molecule has 0 aliphatic heterocycles. The van der Waals surface area contributed by atoms with Crippen molar-refractivity contribution in [1.29, 1.82) is 0 Å². The molecule has 0 spiro atoms. The highest BCUT2D eigenvalue weighted by molar-refractivity contribution is 7.96. The minimum Gasteiger partial charge on any atom is -0.465 e. The van der Waals surface area contributed by atoms with E-state index in [0.29, 0.717) is 5.69 Å². The number of benzene rings is 2. The Hall–Kier alpha value is -2.67. The van der Waals surface area contributed by atoms with Gasteiger partial charge < -0.3 is 10.1 Å². The highest BCUT2D eigenvalue weighted by Gasteiger charge is 2.30. The van der Waals surface area contributed by atoms with Crippen molar-refractivity contribution in [2.24, 2.45) is 0 Å². The molecule has 2 rings (SSSR count). The Morgan fingerprint density at radius 2 is 1.80 bits per heavy atom. The third-order valence-electron chi connectivity index (χ3n) is 3.53. The third-order valence-corrected chi connectivity index (χ3v) is 5.31. The molecule has 0 aromatic heterocycles. The highest BCUT2D eigenvalue weighted by Crippen LogP contribution is 2.23. The molecule has 0 atom stereocenters. The molecule has 2 aromatic carbocycles. The summed E-state index contributed by atoms with van der Waals surface area (Å²) >= 11 is 0. The zero-order valence-electron chi connectivity index (χ0n) is 13.8. The Morgan fingerprint density at radius 1 is 1.16 bits per heavy atom. The summed E-state index contributed by atoms with van der Waals surface area (Å²) in [5, 5.41) is 2.74. The maximum absolute atomic E-state index is 13.9. The first-order valence-corrected chi connectivity index (χ1v) is 9.02. The van der Waals surface area contributed by atoms with Crippen LogP contribution < -0.4 is 5.32 Å². The van der Waals surface area contributed by atoms with Gasteiger partial charge >= 0.3 is 5.97 Å². The number of methoxy groups -OCH3 is 1. The Kier molecular flexibility index (Phi) is 5.93. The van der Waals surface area contributed by atoms with Crippen LogP contribution in [0.5, 0.6) is 0 Å². The summed E-state index contributed by atoms with van der Waals surface area (Å²) in [5.74, 6) is -2.02. The van der Waals surface area contributed by atoms with Gasteiger partial charge in [-0.05, 0) is 36.2 Å². The number of sulfone groups is 1. The number of rotatable bonds is 6. The van der Waals surface area contributed by atoms with Crippen LogP contribution >= 0.6 is 0 Å². The standard InChI is InChI=1S/C18H18FNO4S/c1-3-13-8-10-14(11-9-13)20-12-17(18(21)24-2)25(22,23)16-7-5-4-6-15(16)19/h4-12,20H,3H2,1-2H3/b17-12+. The first-order chi connectivity index (χ1) is 11.9. The van der Waals surface area contributed by atoms with E-state index in [1.165, 1.54) is 12.1 Å². The van der Waals surface area contributed by atoms with Gasteiger partial charge in [-0.1, -0.05) is 31.2 Å². The topological polar surface area (TPSA) is 72.5 Å². The first kappa shape index (κ1) is 18.7. The molecule has 0 aliphatic carbocycles. The number of hydrogen-bond donors (Lipinski definition) is 1. The van der Waals surface area contributed by atoms with E-state index in [1.807, 2.05) is 19.1 Å². The van der Waals surface area contributed by atoms with Crippen molar-refractivity contribution in [3.05, 3.63) is 71.0 Å². The SMILES string of the molecule is CCc1ccc(N/C=C(\C(=O)OC)S(=O)(=O)c2ccccc2F)cc1. The van der Waals surface area contributed by atoms with Crippen molar-refractivity contribution in [2.75, 3.05) is 12.4 Å². The zero-order chi connectivity index (χ0) is 18.4.